The van der Waals surface area contributed by atoms with E-state index in [4.69, 9.17) is 9.47 Å². The number of fused-ring (bicyclic) bond motifs is 1. The Hall–Kier alpha value is -3.42. The number of benzene rings is 1. The molecule has 0 unspecified atom stereocenters. The first-order valence-corrected chi connectivity index (χ1v) is 8.71. The highest BCUT2D eigenvalue weighted by Gasteiger charge is 2.35. The summed E-state index contributed by atoms with van der Waals surface area (Å²) in [4.78, 5) is 52.2. The molecule has 1 amide bonds. The van der Waals surface area contributed by atoms with Crippen molar-refractivity contribution in [2.24, 2.45) is 0 Å². The number of rotatable bonds is 5. The molecule has 0 aliphatic carbocycles. The third-order valence-corrected chi connectivity index (χ3v) is 4.68. The van der Waals surface area contributed by atoms with Gasteiger partial charge in [-0.2, -0.15) is 0 Å². The maximum Gasteiger partial charge on any atom is 0.355 e. The van der Waals surface area contributed by atoms with Crippen LogP contribution in [0.4, 0.5) is 0 Å². The molecule has 0 radical (unpaired) electrons. The van der Waals surface area contributed by atoms with Gasteiger partial charge < -0.3 is 19.4 Å². The topological polar surface area (TPSA) is 106 Å². The van der Waals surface area contributed by atoms with E-state index in [1.807, 2.05) is 24.3 Å². The lowest BCUT2D eigenvalue weighted by molar-refractivity contribution is -0.155. The quantitative estimate of drug-likeness (QED) is 0.619. The van der Waals surface area contributed by atoms with Crippen molar-refractivity contribution in [1.29, 1.82) is 0 Å². The number of aromatic nitrogens is 1. The van der Waals surface area contributed by atoms with Gasteiger partial charge in [-0.3, -0.25) is 9.59 Å². The molecule has 1 atom stereocenters. The molecular weight excluding hydrogens is 364 g/mol. The molecule has 0 saturated carbocycles. The van der Waals surface area contributed by atoms with Crippen molar-refractivity contribution in [3.8, 4) is 0 Å². The molecule has 1 aromatic carbocycles. The van der Waals surface area contributed by atoms with Gasteiger partial charge in [0, 0.05) is 24.7 Å². The number of carbonyl (C=O) groups is 4. The number of esters is 2. The number of ketones is 1. The molecule has 0 saturated heterocycles. The van der Waals surface area contributed by atoms with Crippen LogP contribution in [-0.4, -0.2) is 53.3 Å². The first-order valence-electron chi connectivity index (χ1n) is 8.71. The summed E-state index contributed by atoms with van der Waals surface area (Å²) < 4.78 is 9.89. The number of nitrogens with one attached hydrogen (secondary N) is 1. The van der Waals surface area contributed by atoms with Crippen molar-refractivity contribution in [2.75, 3.05) is 13.7 Å². The summed E-state index contributed by atoms with van der Waals surface area (Å²) in [5, 5.41) is 0. The summed E-state index contributed by atoms with van der Waals surface area (Å²) in [5.74, 6) is -1.98. The summed E-state index contributed by atoms with van der Waals surface area (Å²) >= 11 is 0. The van der Waals surface area contributed by atoms with Crippen LogP contribution in [-0.2, 0) is 32.0 Å². The molecule has 28 heavy (non-hydrogen) atoms. The Labute approximate surface area is 161 Å². The molecule has 2 aromatic rings. The van der Waals surface area contributed by atoms with Crippen molar-refractivity contribution in [3.63, 3.8) is 0 Å². The highest BCUT2D eigenvalue weighted by molar-refractivity contribution is 5.98. The van der Waals surface area contributed by atoms with Gasteiger partial charge in [-0.25, -0.2) is 9.59 Å². The number of carbonyl (C=O) groups excluding carboxylic acids is 4. The minimum Gasteiger partial charge on any atom is -0.467 e. The van der Waals surface area contributed by atoms with Crippen LogP contribution in [0.15, 0.2) is 36.5 Å². The van der Waals surface area contributed by atoms with Gasteiger partial charge in [-0.15, -0.1) is 0 Å². The lowest BCUT2D eigenvalue weighted by Crippen LogP contribution is -2.50. The van der Waals surface area contributed by atoms with Crippen LogP contribution >= 0.6 is 0 Å². The molecule has 0 bridgehead atoms. The van der Waals surface area contributed by atoms with Crippen LogP contribution in [0.2, 0.25) is 0 Å². The minimum atomic E-state index is -0.777. The van der Waals surface area contributed by atoms with Crippen LogP contribution in [0.3, 0.4) is 0 Å². The van der Waals surface area contributed by atoms with Crippen molar-refractivity contribution in [3.05, 3.63) is 58.9 Å². The Morgan fingerprint density at radius 3 is 2.54 bits per heavy atom. The second-order valence-electron chi connectivity index (χ2n) is 6.47. The normalized spacial score (nSPS) is 15.5. The Bertz CT molecular complexity index is 932. The smallest absolute Gasteiger partial charge is 0.355 e. The fourth-order valence-electron chi connectivity index (χ4n) is 3.14. The molecule has 2 heterocycles. The maximum absolute atomic E-state index is 12.7. The highest BCUT2D eigenvalue weighted by atomic mass is 16.5. The van der Waals surface area contributed by atoms with E-state index >= 15 is 0 Å². The van der Waals surface area contributed by atoms with Gasteiger partial charge in [0.2, 0.25) is 0 Å². The summed E-state index contributed by atoms with van der Waals surface area (Å²) in [7, 11) is 1.27. The molecule has 1 aromatic heterocycles. The predicted octanol–water partition coefficient (Wildman–Crippen LogP) is 1.50. The van der Waals surface area contributed by atoms with E-state index in [1.165, 1.54) is 31.2 Å². The van der Waals surface area contributed by atoms with E-state index in [2.05, 4.69) is 4.98 Å². The number of aromatic amines is 1. The SMILES string of the molecule is COC(=O)[C@H]1Cc2ccccc2CN1C(=O)COC(=O)c1cc(C(C)=O)c[nH]1. The van der Waals surface area contributed by atoms with E-state index < -0.39 is 30.5 Å². The standard InChI is InChI=1S/C20H20N2O6/c1-12(23)15-7-16(21-9-15)19(25)28-11-18(24)22-10-14-6-4-3-5-13(14)8-17(22)20(26)27-2/h3-7,9,17,21H,8,10-11H2,1-2H3/t17-/m1/s1. The molecular formula is C20H20N2O6. The van der Waals surface area contributed by atoms with Gasteiger partial charge in [0.1, 0.15) is 11.7 Å². The number of amides is 1. The fourth-order valence-corrected chi connectivity index (χ4v) is 3.14. The van der Waals surface area contributed by atoms with E-state index in [0.717, 1.165) is 11.1 Å². The van der Waals surface area contributed by atoms with E-state index in [1.54, 1.807) is 0 Å². The fraction of sp³-hybridized carbons (Fsp3) is 0.300. The molecule has 3 rings (SSSR count). The first kappa shape index (κ1) is 19.3. The molecule has 1 aliphatic heterocycles. The summed E-state index contributed by atoms with van der Waals surface area (Å²) in [6.07, 6.45) is 1.73. The zero-order chi connectivity index (χ0) is 20.3. The molecule has 8 nitrogen and oxygen atoms in total. The predicted molar refractivity (Wildman–Crippen MR) is 97.6 cm³/mol. The lowest BCUT2D eigenvalue weighted by atomic mass is 9.94. The van der Waals surface area contributed by atoms with Crippen molar-refractivity contribution in [1.82, 2.24) is 9.88 Å². The molecule has 1 aliphatic rings. The monoisotopic (exact) mass is 384 g/mol. The summed E-state index contributed by atoms with van der Waals surface area (Å²) in [6, 6.07) is 8.11. The van der Waals surface area contributed by atoms with Crippen molar-refractivity contribution >= 4 is 23.6 Å². The summed E-state index contributed by atoms with van der Waals surface area (Å²) in [6.45, 7) is 1.08. The van der Waals surface area contributed by atoms with Gasteiger partial charge in [-0.05, 0) is 24.1 Å². The Morgan fingerprint density at radius 1 is 1.18 bits per heavy atom. The van der Waals surface area contributed by atoms with Crippen LogP contribution < -0.4 is 0 Å². The average Bonchev–Trinajstić information content (AvgIpc) is 3.21. The van der Waals surface area contributed by atoms with Gasteiger partial charge >= 0.3 is 11.9 Å². The highest BCUT2D eigenvalue weighted by Crippen LogP contribution is 2.24. The molecule has 1 N–H and O–H groups in total. The number of nitrogens with zero attached hydrogens (tertiary/aromatic N) is 1. The van der Waals surface area contributed by atoms with E-state index in [9.17, 15) is 19.2 Å². The lowest BCUT2D eigenvalue weighted by Gasteiger charge is -2.35. The van der Waals surface area contributed by atoms with Gasteiger partial charge in [0.05, 0.1) is 7.11 Å². The Morgan fingerprint density at radius 2 is 1.89 bits per heavy atom. The van der Waals surface area contributed by atoms with E-state index in [0.29, 0.717) is 12.0 Å². The molecule has 0 fully saturated rings. The van der Waals surface area contributed by atoms with Crippen molar-refractivity contribution in [2.45, 2.75) is 25.9 Å². The largest absolute Gasteiger partial charge is 0.467 e. The third-order valence-electron chi connectivity index (χ3n) is 4.68. The number of ether oxygens (including phenoxy) is 2. The number of Topliss-reactive ketones (excluding diaryl/α,β-unsaturated/α-hetero) is 1. The molecule has 8 heteroatoms. The molecule has 146 valence electrons. The number of H-pyrrole nitrogens is 1. The Balaban J connectivity index is 1.69. The van der Waals surface area contributed by atoms with Crippen LogP contribution in [0.1, 0.15) is 38.9 Å². The van der Waals surface area contributed by atoms with Crippen LogP contribution in [0.25, 0.3) is 0 Å². The van der Waals surface area contributed by atoms with Gasteiger partial charge in [0.25, 0.3) is 5.91 Å². The number of methoxy groups -OCH3 is 1. The first-order chi connectivity index (χ1) is 13.4. The average molecular weight is 384 g/mol. The Kier molecular flexibility index (Phi) is 5.58. The zero-order valence-corrected chi connectivity index (χ0v) is 15.6. The van der Waals surface area contributed by atoms with Gasteiger partial charge in [-0.1, -0.05) is 24.3 Å². The number of hydrogen-bond donors (Lipinski definition) is 1. The maximum atomic E-state index is 12.7. The summed E-state index contributed by atoms with van der Waals surface area (Å²) in [5.41, 5.74) is 2.32. The van der Waals surface area contributed by atoms with Crippen molar-refractivity contribution < 1.29 is 28.7 Å². The number of hydrogen-bond acceptors (Lipinski definition) is 6. The van der Waals surface area contributed by atoms with E-state index in [-0.39, 0.29) is 18.0 Å². The van der Waals surface area contributed by atoms with Crippen LogP contribution in [0.5, 0.6) is 0 Å². The third kappa shape index (κ3) is 3.95. The second kappa shape index (κ2) is 8.08. The molecule has 0 spiro atoms. The zero-order valence-electron chi connectivity index (χ0n) is 15.6. The second-order valence-corrected chi connectivity index (χ2v) is 6.47. The van der Waals surface area contributed by atoms with Gasteiger partial charge in [0.15, 0.2) is 12.4 Å². The van der Waals surface area contributed by atoms with Crippen LogP contribution in [0, 0.1) is 0 Å². The minimum absolute atomic E-state index is 0.0755.